The monoisotopic (exact) mass is 354 g/mol. The van der Waals surface area contributed by atoms with E-state index in [-0.39, 0.29) is 17.5 Å². The number of aromatic nitrogens is 1. The van der Waals surface area contributed by atoms with Crippen LogP contribution in [0.5, 0.6) is 0 Å². The highest BCUT2D eigenvalue weighted by Crippen LogP contribution is 2.03. The van der Waals surface area contributed by atoms with Gasteiger partial charge < -0.3 is 15.5 Å². The number of benzene rings is 1. The third-order valence-electron chi connectivity index (χ3n) is 3.86. The summed E-state index contributed by atoms with van der Waals surface area (Å²) in [5.41, 5.74) is 1.85. The number of carbonyl (C=O) groups excluding carboxylic acids is 2. The third-order valence-corrected chi connectivity index (χ3v) is 3.86. The second-order valence-corrected chi connectivity index (χ2v) is 6.33. The van der Waals surface area contributed by atoms with Crippen LogP contribution in [0.1, 0.15) is 32.8 Å². The van der Waals surface area contributed by atoms with Gasteiger partial charge in [0.1, 0.15) is 5.69 Å². The zero-order valence-electron chi connectivity index (χ0n) is 15.4. The topological polar surface area (TPSA) is 74.3 Å². The number of pyridine rings is 1. The fourth-order valence-corrected chi connectivity index (χ4v) is 2.45. The molecule has 1 heterocycles. The molecule has 0 saturated carbocycles. The average Bonchev–Trinajstić information content (AvgIpc) is 2.66. The average molecular weight is 354 g/mol. The van der Waals surface area contributed by atoms with E-state index in [1.165, 1.54) is 12.3 Å². The van der Waals surface area contributed by atoms with Crippen molar-refractivity contribution >= 4 is 11.8 Å². The molecule has 0 aliphatic heterocycles. The first-order valence-electron chi connectivity index (χ1n) is 8.77. The Kier molecular flexibility index (Phi) is 7.76. The summed E-state index contributed by atoms with van der Waals surface area (Å²) in [4.78, 5) is 30.5. The van der Waals surface area contributed by atoms with Gasteiger partial charge >= 0.3 is 0 Å². The molecule has 0 bridgehead atoms. The lowest BCUT2D eigenvalue weighted by molar-refractivity contribution is 0.0949. The summed E-state index contributed by atoms with van der Waals surface area (Å²) in [6.07, 6.45) is 3.11. The molecule has 0 atom stereocenters. The van der Waals surface area contributed by atoms with Gasteiger partial charge in [0, 0.05) is 24.8 Å². The zero-order valence-corrected chi connectivity index (χ0v) is 15.4. The predicted octanol–water partition coefficient (Wildman–Crippen LogP) is 1.74. The molecule has 1 aromatic carbocycles. The van der Waals surface area contributed by atoms with Crippen LogP contribution in [0.25, 0.3) is 0 Å². The van der Waals surface area contributed by atoms with Gasteiger partial charge in [-0.1, -0.05) is 30.3 Å². The molecule has 26 heavy (non-hydrogen) atoms. The van der Waals surface area contributed by atoms with Gasteiger partial charge in [0.2, 0.25) is 0 Å². The Morgan fingerprint density at radius 1 is 1.00 bits per heavy atom. The van der Waals surface area contributed by atoms with Gasteiger partial charge in [-0.2, -0.15) is 0 Å². The summed E-state index contributed by atoms with van der Waals surface area (Å²) < 4.78 is 0. The molecule has 0 fully saturated rings. The van der Waals surface area contributed by atoms with E-state index < -0.39 is 0 Å². The summed E-state index contributed by atoms with van der Waals surface area (Å²) in [6, 6.07) is 13.1. The lowest BCUT2D eigenvalue weighted by atomic mass is 10.1. The van der Waals surface area contributed by atoms with Crippen LogP contribution in [-0.4, -0.2) is 55.4 Å². The summed E-state index contributed by atoms with van der Waals surface area (Å²) >= 11 is 0. The largest absolute Gasteiger partial charge is 0.352 e. The van der Waals surface area contributed by atoms with Crippen LogP contribution in [0.2, 0.25) is 0 Å². The molecule has 0 spiro atoms. The highest BCUT2D eigenvalue weighted by atomic mass is 16.2. The molecule has 2 rings (SSSR count). The van der Waals surface area contributed by atoms with Crippen molar-refractivity contribution in [2.75, 3.05) is 33.7 Å². The number of hydrogen-bond acceptors (Lipinski definition) is 4. The van der Waals surface area contributed by atoms with E-state index in [4.69, 9.17) is 0 Å². The van der Waals surface area contributed by atoms with Crippen LogP contribution in [0.15, 0.2) is 48.7 Å². The van der Waals surface area contributed by atoms with E-state index >= 15 is 0 Å². The molecule has 6 heteroatoms. The van der Waals surface area contributed by atoms with Crippen LogP contribution < -0.4 is 10.6 Å². The van der Waals surface area contributed by atoms with E-state index in [0.717, 1.165) is 24.9 Å². The van der Waals surface area contributed by atoms with Crippen molar-refractivity contribution in [3.8, 4) is 0 Å². The second-order valence-electron chi connectivity index (χ2n) is 6.33. The highest BCUT2D eigenvalue weighted by molar-refractivity contribution is 5.98. The van der Waals surface area contributed by atoms with E-state index in [1.54, 1.807) is 6.07 Å². The van der Waals surface area contributed by atoms with Gasteiger partial charge in [0.15, 0.2) is 0 Å². The van der Waals surface area contributed by atoms with E-state index in [1.807, 2.05) is 44.4 Å². The molecule has 2 amide bonds. The third kappa shape index (κ3) is 6.64. The molecule has 0 saturated heterocycles. The summed E-state index contributed by atoms with van der Waals surface area (Å²) in [6.45, 7) is 2.02. The Morgan fingerprint density at radius 2 is 1.73 bits per heavy atom. The Balaban J connectivity index is 1.83. The minimum absolute atomic E-state index is 0.190. The lowest BCUT2D eigenvalue weighted by Crippen LogP contribution is -2.29. The van der Waals surface area contributed by atoms with Crippen molar-refractivity contribution in [1.29, 1.82) is 0 Å². The SMILES string of the molecule is CN(C)CCCNC(=O)c1ccnc(C(=O)NCCc2ccccc2)c1. The van der Waals surface area contributed by atoms with E-state index in [0.29, 0.717) is 18.7 Å². The summed E-state index contributed by atoms with van der Waals surface area (Å²) in [5.74, 6) is -0.465. The van der Waals surface area contributed by atoms with Gasteiger partial charge in [-0.25, -0.2) is 0 Å². The van der Waals surface area contributed by atoms with Crippen molar-refractivity contribution in [3.05, 3.63) is 65.5 Å². The zero-order chi connectivity index (χ0) is 18.8. The Morgan fingerprint density at radius 3 is 2.46 bits per heavy atom. The van der Waals surface area contributed by atoms with Crippen molar-refractivity contribution in [2.24, 2.45) is 0 Å². The molecular weight excluding hydrogens is 328 g/mol. The van der Waals surface area contributed by atoms with Crippen LogP contribution in [0.3, 0.4) is 0 Å². The first kappa shape index (κ1) is 19.6. The molecule has 6 nitrogen and oxygen atoms in total. The van der Waals surface area contributed by atoms with Crippen LogP contribution >= 0.6 is 0 Å². The first-order chi connectivity index (χ1) is 12.6. The van der Waals surface area contributed by atoms with Gasteiger partial charge in [0.05, 0.1) is 0 Å². The van der Waals surface area contributed by atoms with Crippen molar-refractivity contribution in [2.45, 2.75) is 12.8 Å². The summed E-state index contributed by atoms with van der Waals surface area (Å²) in [5, 5.41) is 5.70. The molecule has 2 N–H and O–H groups in total. The maximum atomic E-state index is 12.2. The van der Waals surface area contributed by atoms with E-state index in [2.05, 4.69) is 20.5 Å². The van der Waals surface area contributed by atoms with Gasteiger partial charge in [0.25, 0.3) is 11.8 Å². The fourth-order valence-electron chi connectivity index (χ4n) is 2.45. The Bertz CT molecular complexity index is 717. The minimum atomic E-state index is -0.275. The van der Waals surface area contributed by atoms with Gasteiger partial charge in [-0.05, 0) is 51.2 Å². The van der Waals surface area contributed by atoms with Crippen LogP contribution in [-0.2, 0) is 6.42 Å². The molecule has 2 aromatic rings. The number of nitrogens with zero attached hydrogens (tertiary/aromatic N) is 2. The molecule has 1 aromatic heterocycles. The molecule has 138 valence electrons. The van der Waals surface area contributed by atoms with Crippen LogP contribution in [0, 0.1) is 0 Å². The normalized spacial score (nSPS) is 10.6. The maximum absolute atomic E-state index is 12.2. The smallest absolute Gasteiger partial charge is 0.269 e. The van der Waals surface area contributed by atoms with Gasteiger partial charge in [-0.3, -0.25) is 14.6 Å². The van der Waals surface area contributed by atoms with Crippen molar-refractivity contribution < 1.29 is 9.59 Å². The Hall–Kier alpha value is -2.73. The quantitative estimate of drug-likeness (QED) is 0.673. The lowest BCUT2D eigenvalue weighted by Gasteiger charge is -2.10. The summed E-state index contributed by atoms with van der Waals surface area (Å²) in [7, 11) is 3.99. The number of rotatable bonds is 9. The number of amides is 2. The minimum Gasteiger partial charge on any atom is -0.352 e. The fraction of sp³-hybridized carbons (Fsp3) is 0.350. The molecular formula is C20H26N4O2. The standard InChI is InChI=1S/C20H26N4O2/c1-24(2)14-6-11-22-19(25)17-10-13-21-18(15-17)20(26)23-12-9-16-7-4-3-5-8-16/h3-5,7-8,10,13,15H,6,9,11-12,14H2,1-2H3,(H,22,25)(H,23,26). The predicted molar refractivity (Wildman–Crippen MR) is 102 cm³/mol. The molecule has 0 unspecified atom stereocenters. The number of nitrogens with one attached hydrogen (secondary N) is 2. The van der Waals surface area contributed by atoms with Gasteiger partial charge in [-0.15, -0.1) is 0 Å². The molecule has 0 aliphatic carbocycles. The number of carbonyl (C=O) groups is 2. The Labute approximate surface area is 154 Å². The maximum Gasteiger partial charge on any atom is 0.269 e. The van der Waals surface area contributed by atoms with Crippen LogP contribution in [0.4, 0.5) is 0 Å². The van der Waals surface area contributed by atoms with Crippen molar-refractivity contribution in [1.82, 2.24) is 20.5 Å². The van der Waals surface area contributed by atoms with Crippen molar-refractivity contribution in [3.63, 3.8) is 0 Å². The highest BCUT2D eigenvalue weighted by Gasteiger charge is 2.11. The molecule has 0 radical (unpaired) electrons. The number of hydrogen-bond donors (Lipinski definition) is 2. The second kappa shape index (κ2) is 10.3. The van der Waals surface area contributed by atoms with E-state index in [9.17, 15) is 9.59 Å². The first-order valence-corrected chi connectivity index (χ1v) is 8.77. The molecule has 0 aliphatic rings.